The lowest BCUT2D eigenvalue weighted by Crippen LogP contribution is -1.78. The molecule has 0 N–H and O–H groups in total. The zero-order valence-corrected chi connectivity index (χ0v) is 8.95. The van der Waals surface area contributed by atoms with Crippen molar-refractivity contribution in [2.45, 2.75) is 24.7 Å². The summed E-state index contributed by atoms with van der Waals surface area (Å²) < 4.78 is 0. The van der Waals surface area contributed by atoms with Crippen molar-refractivity contribution in [1.29, 1.82) is 0 Å². The lowest BCUT2D eigenvalue weighted by Gasteiger charge is -1.98. The number of thioether (sulfide) groups is 1. The number of benzene rings is 1. The smallest absolute Gasteiger partial charge is 0.0381 e. The minimum Gasteiger partial charge on any atom is -0.128 e. The van der Waals surface area contributed by atoms with E-state index in [2.05, 4.69) is 43.2 Å². The van der Waals surface area contributed by atoms with Crippen LogP contribution in [0.15, 0.2) is 29.2 Å². The van der Waals surface area contributed by atoms with Crippen molar-refractivity contribution in [3.63, 3.8) is 0 Å². The van der Waals surface area contributed by atoms with Gasteiger partial charge in [-0.3, -0.25) is 0 Å². The van der Waals surface area contributed by atoms with Crippen molar-refractivity contribution >= 4 is 11.8 Å². The zero-order valence-electron chi connectivity index (χ0n) is 8.13. The summed E-state index contributed by atoms with van der Waals surface area (Å²) in [7, 11) is 0. The molecular weight excluding hydrogens is 176 g/mol. The summed E-state index contributed by atoms with van der Waals surface area (Å²) in [4.78, 5) is 1.27. The lowest BCUT2D eigenvalue weighted by molar-refractivity contribution is 0.983. The van der Waals surface area contributed by atoms with Crippen LogP contribution in [0.5, 0.6) is 0 Å². The maximum Gasteiger partial charge on any atom is 0.0381 e. The van der Waals surface area contributed by atoms with Crippen LogP contribution in [-0.2, 0) is 0 Å². The Kier molecular flexibility index (Phi) is 4.49. The first-order chi connectivity index (χ1) is 6.38. The fraction of sp³-hybridized carbons (Fsp3) is 0.333. The van der Waals surface area contributed by atoms with Gasteiger partial charge in [-0.05, 0) is 24.8 Å². The molecule has 0 bridgehead atoms. The molecule has 1 heteroatoms. The Labute approximate surface area is 84.7 Å². The fourth-order valence-corrected chi connectivity index (χ4v) is 1.58. The van der Waals surface area contributed by atoms with Crippen LogP contribution in [0.3, 0.4) is 0 Å². The summed E-state index contributed by atoms with van der Waals surface area (Å²) in [5.74, 6) is 6.36. The van der Waals surface area contributed by atoms with Gasteiger partial charge in [0.1, 0.15) is 0 Å². The van der Waals surface area contributed by atoms with Crippen molar-refractivity contribution in [1.82, 2.24) is 0 Å². The molecule has 0 atom stereocenters. The summed E-state index contributed by atoms with van der Waals surface area (Å²) in [5, 5.41) is 0. The first kappa shape index (κ1) is 10.2. The van der Waals surface area contributed by atoms with Gasteiger partial charge in [0.2, 0.25) is 0 Å². The average molecular weight is 190 g/mol. The molecule has 0 fully saturated rings. The molecule has 0 aliphatic rings. The Morgan fingerprint density at radius 2 is 2.08 bits per heavy atom. The Morgan fingerprint density at radius 1 is 1.31 bits per heavy atom. The number of hydrogen-bond donors (Lipinski definition) is 0. The fourth-order valence-electron chi connectivity index (χ4n) is 1.03. The Morgan fingerprint density at radius 3 is 2.77 bits per heavy atom. The molecule has 0 amide bonds. The maximum atomic E-state index is 3.19. The highest BCUT2D eigenvalue weighted by atomic mass is 32.2. The Bertz CT molecular complexity index is 317. The second-order valence-electron chi connectivity index (χ2n) is 2.75. The standard InChI is InChI=1S/C12H14S/c1-3-4-5-8-11-9-6-7-10-12(11)13-2/h6-7,9-10H,3-4H2,1-2H3. The Hall–Kier alpha value is -0.870. The van der Waals surface area contributed by atoms with Gasteiger partial charge in [-0.25, -0.2) is 0 Å². The second-order valence-corrected chi connectivity index (χ2v) is 3.60. The van der Waals surface area contributed by atoms with Crippen LogP contribution in [0.4, 0.5) is 0 Å². The van der Waals surface area contributed by atoms with E-state index in [0.29, 0.717) is 0 Å². The van der Waals surface area contributed by atoms with Crippen molar-refractivity contribution in [3.8, 4) is 11.8 Å². The molecule has 0 nitrogen and oxygen atoms in total. The molecule has 0 saturated heterocycles. The molecule has 0 spiro atoms. The summed E-state index contributed by atoms with van der Waals surface area (Å²) in [5.41, 5.74) is 1.16. The van der Waals surface area contributed by atoms with Gasteiger partial charge in [0.15, 0.2) is 0 Å². The van der Waals surface area contributed by atoms with Gasteiger partial charge in [-0.15, -0.1) is 11.8 Å². The molecule has 0 aromatic heterocycles. The first-order valence-electron chi connectivity index (χ1n) is 4.50. The normalized spacial score (nSPS) is 9.08. The van der Waals surface area contributed by atoms with E-state index in [0.717, 1.165) is 18.4 Å². The topological polar surface area (TPSA) is 0 Å². The van der Waals surface area contributed by atoms with Crippen molar-refractivity contribution in [2.24, 2.45) is 0 Å². The van der Waals surface area contributed by atoms with Crippen LogP contribution < -0.4 is 0 Å². The molecule has 1 rings (SSSR count). The third-order valence-electron chi connectivity index (χ3n) is 1.71. The van der Waals surface area contributed by atoms with Crippen LogP contribution in [0.2, 0.25) is 0 Å². The number of rotatable bonds is 2. The molecule has 0 saturated carbocycles. The van der Waals surface area contributed by atoms with Gasteiger partial charge in [-0.1, -0.05) is 30.9 Å². The van der Waals surface area contributed by atoms with Crippen molar-refractivity contribution < 1.29 is 0 Å². The predicted molar refractivity (Wildman–Crippen MR) is 60.0 cm³/mol. The van der Waals surface area contributed by atoms with E-state index in [9.17, 15) is 0 Å². The number of hydrogen-bond acceptors (Lipinski definition) is 1. The van der Waals surface area contributed by atoms with E-state index >= 15 is 0 Å². The molecule has 0 unspecified atom stereocenters. The van der Waals surface area contributed by atoms with E-state index in [4.69, 9.17) is 0 Å². The van der Waals surface area contributed by atoms with E-state index in [1.165, 1.54) is 4.90 Å². The van der Waals surface area contributed by atoms with Gasteiger partial charge in [0.25, 0.3) is 0 Å². The highest BCUT2D eigenvalue weighted by Gasteiger charge is 1.94. The van der Waals surface area contributed by atoms with Crippen LogP contribution in [0.1, 0.15) is 25.3 Å². The highest BCUT2D eigenvalue weighted by molar-refractivity contribution is 7.98. The predicted octanol–water partition coefficient (Wildman–Crippen LogP) is 3.56. The molecule has 0 radical (unpaired) electrons. The summed E-state index contributed by atoms with van der Waals surface area (Å²) in [6.45, 7) is 2.15. The van der Waals surface area contributed by atoms with Gasteiger partial charge in [-0.2, -0.15) is 0 Å². The molecule has 13 heavy (non-hydrogen) atoms. The monoisotopic (exact) mass is 190 g/mol. The lowest BCUT2D eigenvalue weighted by atomic mass is 10.2. The summed E-state index contributed by atoms with van der Waals surface area (Å²) in [6.07, 6.45) is 4.21. The van der Waals surface area contributed by atoms with Crippen LogP contribution >= 0.6 is 11.8 Å². The summed E-state index contributed by atoms with van der Waals surface area (Å²) >= 11 is 1.75. The molecule has 0 heterocycles. The van der Waals surface area contributed by atoms with Crippen LogP contribution in [0.25, 0.3) is 0 Å². The first-order valence-corrected chi connectivity index (χ1v) is 5.73. The summed E-state index contributed by atoms with van der Waals surface area (Å²) in [6, 6.07) is 8.28. The molecule has 1 aromatic carbocycles. The van der Waals surface area contributed by atoms with Gasteiger partial charge < -0.3 is 0 Å². The third kappa shape index (κ3) is 3.16. The molecule has 1 aromatic rings. The third-order valence-corrected chi connectivity index (χ3v) is 2.50. The molecular formula is C12H14S. The maximum absolute atomic E-state index is 3.19. The van der Waals surface area contributed by atoms with Gasteiger partial charge in [0.05, 0.1) is 0 Å². The van der Waals surface area contributed by atoms with E-state index in [-0.39, 0.29) is 0 Å². The average Bonchev–Trinajstić information content (AvgIpc) is 2.19. The minimum atomic E-state index is 0.989. The quantitative estimate of drug-likeness (QED) is 0.507. The van der Waals surface area contributed by atoms with Crippen molar-refractivity contribution in [2.75, 3.05) is 6.26 Å². The second kappa shape index (κ2) is 5.72. The van der Waals surface area contributed by atoms with Crippen LogP contribution in [-0.4, -0.2) is 6.26 Å². The Balaban J connectivity index is 2.82. The zero-order chi connectivity index (χ0) is 9.52. The minimum absolute atomic E-state index is 0.989. The van der Waals surface area contributed by atoms with Crippen LogP contribution in [0, 0.1) is 11.8 Å². The van der Waals surface area contributed by atoms with Gasteiger partial charge >= 0.3 is 0 Å². The molecule has 68 valence electrons. The largest absolute Gasteiger partial charge is 0.128 e. The van der Waals surface area contributed by atoms with E-state index in [1.807, 2.05) is 6.07 Å². The van der Waals surface area contributed by atoms with Gasteiger partial charge in [0, 0.05) is 16.9 Å². The number of unbranched alkanes of at least 4 members (excludes halogenated alkanes) is 1. The van der Waals surface area contributed by atoms with Crippen molar-refractivity contribution in [3.05, 3.63) is 29.8 Å². The molecule has 0 aliphatic carbocycles. The molecule has 0 aliphatic heterocycles. The van der Waals surface area contributed by atoms with E-state index in [1.54, 1.807) is 11.8 Å². The highest BCUT2D eigenvalue weighted by Crippen LogP contribution is 2.18. The SMILES string of the molecule is CCCC#Cc1ccccc1SC. The van der Waals surface area contributed by atoms with E-state index < -0.39 is 0 Å².